The van der Waals surface area contributed by atoms with E-state index >= 15 is 0 Å². The molecule has 5 rings (SSSR count). The zero-order valence-corrected chi connectivity index (χ0v) is 21.3. The van der Waals surface area contributed by atoms with E-state index in [0.717, 1.165) is 0 Å². The van der Waals surface area contributed by atoms with Crippen LogP contribution in [0.1, 0.15) is 11.3 Å². The fraction of sp³-hybridized carbons (Fsp3) is 0.0370. The van der Waals surface area contributed by atoms with Gasteiger partial charge < -0.3 is 16.2 Å². The zero-order chi connectivity index (χ0) is 27.5. The second kappa shape index (κ2) is 10.6. The van der Waals surface area contributed by atoms with Crippen molar-refractivity contribution < 1.29 is 14.2 Å². The molecule has 0 spiro atoms. The minimum atomic E-state index is -1.63. The minimum Gasteiger partial charge on any atom is -0.858 e. The summed E-state index contributed by atoms with van der Waals surface area (Å²) in [5.74, 6) is -0.442. The van der Waals surface area contributed by atoms with Crippen molar-refractivity contribution in [2.75, 3.05) is 11.1 Å². The highest BCUT2D eigenvalue weighted by Crippen LogP contribution is 2.29. The average molecular weight is 539 g/mol. The Labute approximate surface area is 224 Å². The van der Waals surface area contributed by atoms with Gasteiger partial charge in [0.05, 0.1) is 16.1 Å². The first kappa shape index (κ1) is 25.4. The van der Waals surface area contributed by atoms with Crippen molar-refractivity contribution in [3.8, 4) is 0 Å². The number of hydrogen-bond acceptors (Lipinski definition) is 10. The molecule has 0 aliphatic heterocycles. The Hall–Kier alpha value is -5.23. The third-order valence-corrected chi connectivity index (χ3v) is 6.92. The molecule has 39 heavy (non-hydrogen) atoms. The van der Waals surface area contributed by atoms with Crippen LogP contribution in [0, 0.1) is 17.0 Å². The van der Waals surface area contributed by atoms with Crippen LogP contribution in [0.4, 0.5) is 28.7 Å². The third-order valence-electron chi connectivity index (χ3n) is 5.65. The maximum Gasteiger partial charge on any atom is 0.270 e. The largest absolute Gasteiger partial charge is 0.858 e. The Kier molecular flexibility index (Phi) is 6.93. The number of aromatic nitrogens is 3. The van der Waals surface area contributed by atoms with Gasteiger partial charge >= 0.3 is 0 Å². The number of nitrogens with one attached hydrogen (secondary N) is 1. The molecule has 3 aromatic carbocycles. The Morgan fingerprint density at radius 3 is 2.56 bits per heavy atom. The molecule has 12 heteroatoms. The molecule has 0 bridgehead atoms. The quantitative estimate of drug-likeness (QED) is 0.101. The van der Waals surface area contributed by atoms with E-state index in [1.807, 2.05) is 0 Å². The molecule has 11 nitrogen and oxygen atoms in total. The minimum absolute atomic E-state index is 0.0331. The molecule has 0 saturated carbocycles. The van der Waals surface area contributed by atoms with Gasteiger partial charge in [0.1, 0.15) is 15.8 Å². The van der Waals surface area contributed by atoms with Crippen LogP contribution < -0.4 is 16.2 Å². The van der Waals surface area contributed by atoms with Crippen molar-refractivity contribution in [3.63, 3.8) is 0 Å². The zero-order valence-electron chi connectivity index (χ0n) is 20.4. The summed E-state index contributed by atoms with van der Waals surface area (Å²) in [6.07, 6.45) is 1.61. The lowest BCUT2D eigenvalue weighted by Crippen LogP contribution is -2.18. The molecular formula is C27H20N7O4S-. The summed E-state index contributed by atoms with van der Waals surface area (Å²) < 4.78 is 13.0. The van der Waals surface area contributed by atoms with Gasteiger partial charge in [0, 0.05) is 45.7 Å². The van der Waals surface area contributed by atoms with Crippen molar-refractivity contribution in [1.82, 2.24) is 15.0 Å². The van der Waals surface area contributed by atoms with Crippen LogP contribution in [0.5, 0.6) is 0 Å². The molecule has 0 amide bonds. The smallest absolute Gasteiger partial charge is 0.270 e. The number of benzene rings is 3. The molecule has 0 fully saturated rings. The van der Waals surface area contributed by atoms with Crippen LogP contribution in [0.2, 0.25) is 0 Å². The van der Waals surface area contributed by atoms with Gasteiger partial charge in [-0.05, 0) is 66.9 Å². The van der Waals surface area contributed by atoms with Crippen molar-refractivity contribution in [1.29, 1.82) is 0 Å². The predicted octanol–water partition coefficient (Wildman–Crippen LogP) is 4.17. The van der Waals surface area contributed by atoms with Gasteiger partial charge in [-0.25, -0.2) is 14.2 Å². The van der Waals surface area contributed by atoms with E-state index in [9.17, 15) is 19.4 Å². The van der Waals surface area contributed by atoms with E-state index in [0.29, 0.717) is 44.1 Å². The van der Waals surface area contributed by atoms with Crippen molar-refractivity contribution in [2.24, 2.45) is 4.99 Å². The molecule has 194 valence electrons. The van der Waals surface area contributed by atoms with Crippen LogP contribution in [0.25, 0.3) is 10.9 Å². The summed E-state index contributed by atoms with van der Waals surface area (Å²) in [7, 11) is -1.63. The number of fused-ring (bicyclic) bond motifs is 1. The first-order valence-electron chi connectivity index (χ1n) is 11.6. The van der Waals surface area contributed by atoms with E-state index < -0.39 is 21.6 Å². The maximum absolute atomic E-state index is 13.0. The summed E-state index contributed by atoms with van der Waals surface area (Å²) in [5, 5.41) is 28.1. The molecule has 3 N–H and O–H groups in total. The number of nitrogen functional groups attached to an aromatic ring is 1. The van der Waals surface area contributed by atoms with Gasteiger partial charge in [0.15, 0.2) is 0 Å². The van der Waals surface area contributed by atoms with E-state index in [4.69, 9.17) is 5.73 Å². The summed E-state index contributed by atoms with van der Waals surface area (Å²) >= 11 is 0. The molecule has 0 radical (unpaired) electrons. The lowest BCUT2D eigenvalue weighted by atomic mass is 10.1. The Bertz CT molecular complexity index is 1750. The highest BCUT2D eigenvalue weighted by Gasteiger charge is 2.12. The van der Waals surface area contributed by atoms with Gasteiger partial charge in [-0.2, -0.15) is 0 Å². The van der Waals surface area contributed by atoms with Crippen molar-refractivity contribution >= 4 is 56.3 Å². The average Bonchev–Trinajstić information content (AvgIpc) is 2.92. The Balaban J connectivity index is 1.36. The summed E-state index contributed by atoms with van der Waals surface area (Å²) in [6, 6.07) is 20.9. The molecule has 0 aliphatic rings. The number of aliphatic imine (C=N–C) groups is 1. The topological polar surface area (TPSA) is 172 Å². The van der Waals surface area contributed by atoms with Gasteiger partial charge in [-0.15, -0.1) is 0 Å². The number of nitrogens with zero attached hydrogens (tertiary/aromatic N) is 5. The number of aryl methyl sites for hydroxylation is 1. The fourth-order valence-electron chi connectivity index (χ4n) is 3.84. The van der Waals surface area contributed by atoms with Gasteiger partial charge in [0.25, 0.3) is 5.69 Å². The number of nitro benzene ring substituents is 1. The van der Waals surface area contributed by atoms with Crippen LogP contribution in [-0.2, 0) is 10.8 Å². The van der Waals surface area contributed by atoms with E-state index in [-0.39, 0.29) is 16.7 Å². The molecule has 0 saturated heterocycles. The second-order valence-electron chi connectivity index (χ2n) is 8.41. The Morgan fingerprint density at radius 1 is 1.03 bits per heavy atom. The number of anilines is 3. The van der Waals surface area contributed by atoms with E-state index in [1.165, 1.54) is 12.1 Å². The van der Waals surface area contributed by atoms with Crippen molar-refractivity contribution in [3.05, 3.63) is 106 Å². The van der Waals surface area contributed by atoms with Gasteiger partial charge in [-0.3, -0.25) is 20.1 Å². The fourth-order valence-corrected chi connectivity index (χ4v) is 4.96. The standard InChI is InChI=1S/C27H21N7O4S/c1-16-13-25(33-27(28)30-16)39(38)21-4-2-3-19(14-21)32-26(35)17-5-7-18(8-6-17)31-24-11-12-29-23-10-9-20(34(36)37)15-22(23)24/h2-15H,1H3,(H,29,31)(H,32,35)(H2,28,30,33)/p-1. The number of pyridine rings is 1. The first-order valence-corrected chi connectivity index (χ1v) is 12.7. The predicted molar refractivity (Wildman–Crippen MR) is 147 cm³/mol. The highest BCUT2D eigenvalue weighted by molar-refractivity contribution is 7.85. The number of nitro groups is 1. The lowest BCUT2D eigenvalue weighted by molar-refractivity contribution is -0.384. The molecule has 0 aliphatic carbocycles. The van der Waals surface area contributed by atoms with Crippen LogP contribution in [-0.4, -0.2) is 30.0 Å². The van der Waals surface area contributed by atoms with Crippen LogP contribution in [0.3, 0.4) is 0 Å². The number of non-ortho nitro benzene ring substituents is 1. The normalized spacial score (nSPS) is 12.3. The first-order chi connectivity index (χ1) is 18.8. The van der Waals surface area contributed by atoms with Gasteiger partial charge in [0.2, 0.25) is 5.95 Å². The number of hydrogen-bond donors (Lipinski definition) is 2. The van der Waals surface area contributed by atoms with Gasteiger partial charge in [-0.1, -0.05) is 18.2 Å². The Morgan fingerprint density at radius 2 is 1.82 bits per heavy atom. The summed E-state index contributed by atoms with van der Waals surface area (Å²) in [6.45, 7) is 1.73. The van der Waals surface area contributed by atoms with Crippen LogP contribution in [0.15, 0.2) is 100.0 Å². The molecule has 5 aromatic rings. The third kappa shape index (κ3) is 5.70. The summed E-state index contributed by atoms with van der Waals surface area (Å²) in [4.78, 5) is 27.6. The van der Waals surface area contributed by atoms with Crippen molar-refractivity contribution in [2.45, 2.75) is 16.8 Å². The summed E-state index contributed by atoms with van der Waals surface area (Å²) in [5.41, 5.74) is 8.85. The van der Waals surface area contributed by atoms with E-state index in [2.05, 4.69) is 25.3 Å². The second-order valence-corrected chi connectivity index (χ2v) is 9.84. The molecule has 2 heterocycles. The number of nitrogens with two attached hydrogens (primary N) is 1. The van der Waals surface area contributed by atoms with Crippen LogP contribution >= 0.6 is 0 Å². The molecule has 2 aromatic heterocycles. The molecule has 1 unspecified atom stereocenters. The van der Waals surface area contributed by atoms with E-state index in [1.54, 1.807) is 79.9 Å². The maximum atomic E-state index is 13.0. The molecular weight excluding hydrogens is 518 g/mol. The SMILES string of the molecule is Cc1cc(S(=O)c2cccc(N=C([O-])c3ccc(Nc4ccnc5ccc([N+](=O)[O-])cc45)cc3)c2)nc(N)n1. The monoisotopic (exact) mass is 538 g/mol. The molecule has 1 atom stereocenters. The number of rotatable bonds is 7. The lowest BCUT2D eigenvalue weighted by Gasteiger charge is -2.13. The highest BCUT2D eigenvalue weighted by atomic mass is 32.2.